The van der Waals surface area contributed by atoms with Gasteiger partial charge in [-0.1, -0.05) is 24.3 Å². The Balaban J connectivity index is 2.11. The summed E-state index contributed by atoms with van der Waals surface area (Å²) >= 11 is 0. The number of hydrogen-bond donors (Lipinski definition) is 0. The fourth-order valence-corrected chi connectivity index (χ4v) is 3.10. The summed E-state index contributed by atoms with van der Waals surface area (Å²) in [5.74, 6) is 0.514. The first-order chi connectivity index (χ1) is 8.81. The Morgan fingerprint density at radius 2 is 2.06 bits per heavy atom. The van der Waals surface area contributed by atoms with Crippen molar-refractivity contribution in [2.24, 2.45) is 0 Å². The van der Waals surface area contributed by atoms with E-state index >= 15 is 0 Å². The molecule has 98 valence electrons. The van der Waals surface area contributed by atoms with Crippen molar-refractivity contribution < 1.29 is 8.95 Å². The van der Waals surface area contributed by atoms with Gasteiger partial charge in [0.2, 0.25) is 0 Å². The summed E-state index contributed by atoms with van der Waals surface area (Å²) in [4.78, 5) is 3.27. The van der Waals surface area contributed by atoms with Gasteiger partial charge in [-0.3, -0.25) is 9.11 Å². The van der Waals surface area contributed by atoms with Gasteiger partial charge in [0.1, 0.15) is 0 Å². The van der Waals surface area contributed by atoms with Gasteiger partial charge in [0.05, 0.1) is 24.0 Å². The molecule has 1 unspecified atom stereocenters. The molecule has 0 N–H and O–H groups in total. The second kappa shape index (κ2) is 6.83. The third kappa shape index (κ3) is 3.51. The molecule has 1 atom stereocenters. The molecule has 0 radical (unpaired) electrons. The van der Waals surface area contributed by atoms with Gasteiger partial charge < -0.3 is 4.74 Å². The lowest BCUT2D eigenvalue weighted by atomic mass is 10.2. The van der Waals surface area contributed by atoms with Crippen molar-refractivity contribution in [2.45, 2.75) is 11.4 Å². The molecule has 18 heavy (non-hydrogen) atoms. The zero-order valence-corrected chi connectivity index (χ0v) is 11.3. The Bertz CT molecular complexity index is 428. The van der Waals surface area contributed by atoms with E-state index in [1.807, 2.05) is 18.2 Å². The highest BCUT2D eigenvalue weighted by Crippen LogP contribution is 2.16. The molecule has 1 heterocycles. The van der Waals surface area contributed by atoms with E-state index in [0.29, 0.717) is 5.75 Å². The van der Waals surface area contributed by atoms with Gasteiger partial charge >= 0.3 is 0 Å². The SMILES string of the molecule is C=CCS(=O)c1ccccc1CN1CCOCC1. The molecule has 0 saturated carbocycles. The monoisotopic (exact) mass is 265 g/mol. The van der Waals surface area contributed by atoms with Crippen LogP contribution in [-0.2, 0) is 22.1 Å². The molecule has 1 aromatic rings. The highest BCUT2D eigenvalue weighted by molar-refractivity contribution is 7.85. The Kier molecular flexibility index (Phi) is 5.11. The molecule has 2 rings (SSSR count). The normalized spacial score (nSPS) is 18.4. The molecule has 1 aliphatic heterocycles. The van der Waals surface area contributed by atoms with Gasteiger partial charge in [-0.05, 0) is 11.6 Å². The van der Waals surface area contributed by atoms with Gasteiger partial charge in [0, 0.05) is 30.3 Å². The van der Waals surface area contributed by atoms with E-state index in [9.17, 15) is 4.21 Å². The van der Waals surface area contributed by atoms with Crippen molar-refractivity contribution >= 4 is 10.8 Å². The second-order valence-corrected chi connectivity index (χ2v) is 5.76. The maximum Gasteiger partial charge on any atom is 0.0594 e. The first-order valence-corrected chi connectivity index (χ1v) is 7.50. The molecule has 1 fully saturated rings. The predicted octanol–water partition coefficient (Wildman–Crippen LogP) is 1.81. The van der Waals surface area contributed by atoms with Crippen molar-refractivity contribution in [3.8, 4) is 0 Å². The lowest BCUT2D eigenvalue weighted by Gasteiger charge is -2.27. The standard InChI is InChI=1S/C14H19NO2S/c1-2-11-18(16)14-6-4-3-5-13(14)12-15-7-9-17-10-8-15/h2-6H,1,7-12H2. The molecule has 0 spiro atoms. The Hall–Kier alpha value is -0.970. The van der Waals surface area contributed by atoms with E-state index < -0.39 is 10.8 Å². The minimum Gasteiger partial charge on any atom is -0.379 e. The van der Waals surface area contributed by atoms with E-state index in [1.54, 1.807) is 6.08 Å². The van der Waals surface area contributed by atoms with Crippen LogP contribution in [0.4, 0.5) is 0 Å². The maximum atomic E-state index is 12.1. The smallest absolute Gasteiger partial charge is 0.0594 e. The number of nitrogens with zero attached hydrogens (tertiary/aromatic N) is 1. The van der Waals surface area contributed by atoms with Crippen molar-refractivity contribution in [1.29, 1.82) is 0 Å². The largest absolute Gasteiger partial charge is 0.379 e. The van der Waals surface area contributed by atoms with Crippen LogP contribution in [0.25, 0.3) is 0 Å². The molecule has 0 bridgehead atoms. The summed E-state index contributed by atoms with van der Waals surface area (Å²) in [5, 5.41) is 0. The van der Waals surface area contributed by atoms with Gasteiger partial charge in [0.15, 0.2) is 0 Å². The predicted molar refractivity (Wildman–Crippen MR) is 74.0 cm³/mol. The van der Waals surface area contributed by atoms with Crippen LogP contribution in [0.1, 0.15) is 5.56 Å². The van der Waals surface area contributed by atoms with Crippen molar-refractivity contribution in [3.63, 3.8) is 0 Å². The topological polar surface area (TPSA) is 29.5 Å². The average molecular weight is 265 g/mol. The van der Waals surface area contributed by atoms with E-state index in [1.165, 1.54) is 0 Å². The first kappa shape index (κ1) is 13.5. The Labute approximate surface area is 111 Å². The lowest BCUT2D eigenvalue weighted by Crippen LogP contribution is -2.35. The van der Waals surface area contributed by atoms with Crippen LogP contribution >= 0.6 is 0 Å². The minimum absolute atomic E-state index is 0.514. The quantitative estimate of drug-likeness (QED) is 0.761. The third-order valence-corrected chi connectivity index (χ3v) is 4.41. The van der Waals surface area contributed by atoms with Crippen LogP contribution in [0.3, 0.4) is 0 Å². The number of ether oxygens (including phenoxy) is 1. The maximum absolute atomic E-state index is 12.1. The Morgan fingerprint density at radius 3 is 2.78 bits per heavy atom. The average Bonchev–Trinajstić information content (AvgIpc) is 2.41. The van der Waals surface area contributed by atoms with Gasteiger partial charge in [-0.25, -0.2) is 0 Å². The van der Waals surface area contributed by atoms with Gasteiger partial charge in [-0.15, -0.1) is 6.58 Å². The Morgan fingerprint density at radius 1 is 1.33 bits per heavy atom. The van der Waals surface area contributed by atoms with Crippen LogP contribution in [0.15, 0.2) is 41.8 Å². The molecule has 1 aromatic carbocycles. The van der Waals surface area contributed by atoms with E-state index in [-0.39, 0.29) is 0 Å². The molecule has 0 amide bonds. The summed E-state index contributed by atoms with van der Waals surface area (Å²) < 4.78 is 17.4. The number of morpholine rings is 1. The molecule has 3 nitrogen and oxygen atoms in total. The lowest BCUT2D eigenvalue weighted by molar-refractivity contribution is 0.0338. The van der Waals surface area contributed by atoms with E-state index in [0.717, 1.165) is 43.3 Å². The molecule has 1 saturated heterocycles. The third-order valence-electron chi connectivity index (χ3n) is 2.98. The van der Waals surface area contributed by atoms with Crippen molar-refractivity contribution in [3.05, 3.63) is 42.5 Å². The van der Waals surface area contributed by atoms with Gasteiger partial charge in [-0.2, -0.15) is 0 Å². The molecular formula is C14H19NO2S. The zero-order chi connectivity index (χ0) is 12.8. The van der Waals surface area contributed by atoms with Crippen LogP contribution in [0.2, 0.25) is 0 Å². The zero-order valence-electron chi connectivity index (χ0n) is 10.5. The first-order valence-electron chi connectivity index (χ1n) is 6.18. The van der Waals surface area contributed by atoms with Crippen LogP contribution in [0, 0.1) is 0 Å². The van der Waals surface area contributed by atoms with E-state index in [2.05, 4.69) is 17.5 Å². The van der Waals surface area contributed by atoms with Crippen LogP contribution < -0.4 is 0 Å². The van der Waals surface area contributed by atoms with Crippen LogP contribution in [0.5, 0.6) is 0 Å². The highest BCUT2D eigenvalue weighted by Gasteiger charge is 2.14. The fraction of sp³-hybridized carbons (Fsp3) is 0.429. The summed E-state index contributed by atoms with van der Waals surface area (Å²) in [6, 6.07) is 7.96. The van der Waals surface area contributed by atoms with Crippen molar-refractivity contribution in [2.75, 3.05) is 32.1 Å². The molecule has 1 aliphatic rings. The van der Waals surface area contributed by atoms with Crippen molar-refractivity contribution in [1.82, 2.24) is 4.90 Å². The van der Waals surface area contributed by atoms with Gasteiger partial charge in [0.25, 0.3) is 0 Å². The number of rotatable bonds is 5. The molecular weight excluding hydrogens is 246 g/mol. The highest BCUT2D eigenvalue weighted by atomic mass is 32.2. The number of hydrogen-bond acceptors (Lipinski definition) is 3. The number of benzene rings is 1. The van der Waals surface area contributed by atoms with E-state index in [4.69, 9.17) is 4.74 Å². The summed E-state index contributed by atoms with van der Waals surface area (Å²) in [7, 11) is -0.975. The summed E-state index contributed by atoms with van der Waals surface area (Å²) in [5.41, 5.74) is 1.15. The fourth-order valence-electron chi connectivity index (χ4n) is 2.05. The molecule has 0 aromatic heterocycles. The summed E-state index contributed by atoms with van der Waals surface area (Å²) in [6.45, 7) is 7.97. The second-order valence-electron chi connectivity index (χ2n) is 4.30. The molecule has 0 aliphatic carbocycles. The van der Waals surface area contributed by atoms with Crippen LogP contribution in [-0.4, -0.2) is 41.2 Å². The minimum atomic E-state index is -0.975. The molecule has 4 heteroatoms. The summed E-state index contributed by atoms with van der Waals surface area (Å²) in [6.07, 6.45) is 1.71.